The molecule has 36 heavy (non-hydrogen) atoms. The topological polar surface area (TPSA) is 50.3 Å². The van der Waals surface area contributed by atoms with Crippen LogP contribution < -0.4 is 0 Å². The minimum Gasteiger partial charge on any atom is -0.396 e. The zero-order chi connectivity index (χ0) is 25.2. The average molecular weight is 481 g/mol. The highest BCUT2D eigenvalue weighted by molar-refractivity contribution is 5.96. The molecule has 0 saturated carbocycles. The summed E-state index contributed by atoms with van der Waals surface area (Å²) in [6, 6.07) is 29.1. The van der Waals surface area contributed by atoms with Crippen LogP contribution in [-0.4, -0.2) is 57.9 Å². The van der Waals surface area contributed by atoms with E-state index >= 15 is 0 Å². The number of aliphatic hydroxyl groups excluding tert-OH is 1. The molecule has 0 saturated heterocycles. The Bertz CT molecular complexity index is 1290. The van der Waals surface area contributed by atoms with Gasteiger partial charge >= 0.3 is 0 Å². The Labute approximate surface area is 213 Å². The standard InChI is InChI=1S/C30H32N4O2/c1-22-31(2)29-27(30(36)33(22)18-11-19-35)34(21-23-12-6-4-7-13-23)28(32(29)3)26-17-10-16-25(20-26)24-14-8-5-9-15-24/h4-10,12-17,20,28,35H,1,11,18-19,21H2,2-3H3. The quantitative estimate of drug-likeness (QED) is 0.536. The smallest absolute Gasteiger partial charge is 0.279 e. The molecule has 0 aromatic heterocycles. The molecule has 5 rings (SSSR count). The maximum absolute atomic E-state index is 13.9. The van der Waals surface area contributed by atoms with Crippen LogP contribution in [0.25, 0.3) is 11.1 Å². The number of nitrogens with zero attached hydrogens (tertiary/aromatic N) is 4. The molecule has 1 atom stereocenters. The summed E-state index contributed by atoms with van der Waals surface area (Å²) in [6.07, 6.45) is 0.328. The molecule has 3 aromatic carbocycles. The Balaban J connectivity index is 1.60. The van der Waals surface area contributed by atoms with Gasteiger partial charge in [0.05, 0.1) is 0 Å². The van der Waals surface area contributed by atoms with Gasteiger partial charge in [0, 0.05) is 33.8 Å². The van der Waals surface area contributed by atoms with Gasteiger partial charge in [-0.3, -0.25) is 9.69 Å². The van der Waals surface area contributed by atoms with Crippen molar-refractivity contribution >= 4 is 5.91 Å². The van der Waals surface area contributed by atoms with Crippen LogP contribution in [0.3, 0.4) is 0 Å². The molecular weight excluding hydrogens is 448 g/mol. The molecule has 6 nitrogen and oxygen atoms in total. The molecule has 0 aliphatic carbocycles. The average Bonchev–Trinajstić information content (AvgIpc) is 3.20. The molecule has 1 unspecified atom stereocenters. The van der Waals surface area contributed by atoms with Gasteiger partial charge < -0.3 is 19.8 Å². The third-order valence-corrected chi connectivity index (χ3v) is 6.99. The van der Waals surface area contributed by atoms with Gasteiger partial charge in [-0.2, -0.15) is 0 Å². The molecule has 1 amide bonds. The highest BCUT2D eigenvalue weighted by Gasteiger charge is 2.47. The molecule has 0 bridgehead atoms. The van der Waals surface area contributed by atoms with Gasteiger partial charge in [-0.15, -0.1) is 0 Å². The van der Waals surface area contributed by atoms with Gasteiger partial charge in [0.15, 0.2) is 0 Å². The van der Waals surface area contributed by atoms with E-state index in [1.807, 2.05) is 55.4 Å². The van der Waals surface area contributed by atoms with Gasteiger partial charge in [-0.05, 0) is 34.7 Å². The summed E-state index contributed by atoms with van der Waals surface area (Å²) in [6.45, 7) is 5.24. The lowest BCUT2D eigenvalue weighted by molar-refractivity contribution is -0.129. The highest BCUT2D eigenvalue weighted by atomic mass is 16.3. The molecule has 2 heterocycles. The largest absolute Gasteiger partial charge is 0.396 e. The van der Waals surface area contributed by atoms with Crippen LogP contribution in [0.5, 0.6) is 0 Å². The lowest BCUT2D eigenvalue weighted by Gasteiger charge is -2.38. The monoisotopic (exact) mass is 480 g/mol. The summed E-state index contributed by atoms with van der Waals surface area (Å²) >= 11 is 0. The number of benzene rings is 3. The first-order valence-corrected chi connectivity index (χ1v) is 12.3. The van der Waals surface area contributed by atoms with Crippen LogP contribution in [0.1, 0.15) is 23.7 Å². The number of hydrogen-bond acceptors (Lipinski definition) is 5. The molecule has 1 N–H and O–H groups in total. The van der Waals surface area contributed by atoms with Crippen molar-refractivity contribution in [2.75, 3.05) is 27.2 Å². The van der Waals surface area contributed by atoms with E-state index < -0.39 is 0 Å². The summed E-state index contributed by atoms with van der Waals surface area (Å²) < 4.78 is 0. The Morgan fingerprint density at radius 1 is 0.889 bits per heavy atom. The minimum atomic E-state index is -0.170. The number of carbonyl (C=O) groups excluding carboxylic acids is 1. The van der Waals surface area contributed by atoms with Crippen LogP contribution >= 0.6 is 0 Å². The minimum absolute atomic E-state index is 0.0230. The van der Waals surface area contributed by atoms with Crippen molar-refractivity contribution < 1.29 is 9.90 Å². The molecule has 2 aliphatic heterocycles. The summed E-state index contributed by atoms with van der Waals surface area (Å²) in [5, 5.41) is 9.41. The number of rotatable bonds is 7. The van der Waals surface area contributed by atoms with Crippen molar-refractivity contribution in [3.63, 3.8) is 0 Å². The molecule has 0 radical (unpaired) electrons. The van der Waals surface area contributed by atoms with E-state index in [1.54, 1.807) is 4.90 Å². The molecule has 2 aliphatic rings. The second kappa shape index (κ2) is 9.91. The maximum Gasteiger partial charge on any atom is 0.279 e. The van der Waals surface area contributed by atoms with Crippen molar-refractivity contribution in [1.29, 1.82) is 0 Å². The van der Waals surface area contributed by atoms with Crippen LogP contribution in [0, 0.1) is 0 Å². The van der Waals surface area contributed by atoms with Crippen LogP contribution in [0.15, 0.2) is 109 Å². The summed E-state index contributed by atoms with van der Waals surface area (Å²) in [4.78, 5) is 22.0. The molecule has 0 fully saturated rings. The van der Waals surface area contributed by atoms with Crippen LogP contribution in [-0.2, 0) is 11.3 Å². The molecule has 6 heteroatoms. The third kappa shape index (κ3) is 4.14. The Hall–Kier alpha value is -4.03. The van der Waals surface area contributed by atoms with E-state index in [1.165, 1.54) is 0 Å². The van der Waals surface area contributed by atoms with Crippen LogP contribution in [0.4, 0.5) is 0 Å². The van der Waals surface area contributed by atoms with Gasteiger partial charge in [0.2, 0.25) is 0 Å². The summed E-state index contributed by atoms with van der Waals surface area (Å²) in [5.41, 5.74) is 5.19. The first-order valence-electron chi connectivity index (χ1n) is 12.3. The highest BCUT2D eigenvalue weighted by Crippen LogP contribution is 2.45. The predicted molar refractivity (Wildman–Crippen MR) is 142 cm³/mol. The Kier molecular flexibility index (Phi) is 6.53. The SMILES string of the molecule is C=C1N(C)C2=C(C(=O)N1CCCO)N(Cc1ccccc1)C(c1cccc(-c3ccccc3)c1)N2C. The predicted octanol–water partition coefficient (Wildman–Crippen LogP) is 4.60. The number of carbonyl (C=O) groups is 1. The van der Waals surface area contributed by atoms with Crippen molar-refractivity contribution in [3.05, 3.63) is 120 Å². The number of aliphatic hydroxyl groups is 1. The first kappa shape index (κ1) is 23.7. The lowest BCUT2D eigenvalue weighted by Crippen LogP contribution is -2.46. The fourth-order valence-electron chi connectivity index (χ4n) is 5.22. The Morgan fingerprint density at radius 2 is 1.56 bits per heavy atom. The van der Waals surface area contributed by atoms with Gasteiger partial charge in [-0.25, -0.2) is 0 Å². The van der Waals surface area contributed by atoms with E-state index in [2.05, 4.69) is 64.9 Å². The molecular formula is C30H32N4O2. The zero-order valence-electron chi connectivity index (χ0n) is 20.8. The molecule has 0 spiro atoms. The normalized spacial score (nSPS) is 17.8. The van der Waals surface area contributed by atoms with E-state index in [4.69, 9.17) is 0 Å². The first-order chi connectivity index (χ1) is 17.5. The second-order valence-corrected chi connectivity index (χ2v) is 9.27. The van der Waals surface area contributed by atoms with Crippen molar-refractivity contribution in [1.82, 2.24) is 19.6 Å². The van der Waals surface area contributed by atoms with E-state index in [0.717, 1.165) is 28.1 Å². The van der Waals surface area contributed by atoms with Crippen molar-refractivity contribution in [2.24, 2.45) is 0 Å². The van der Waals surface area contributed by atoms with Crippen molar-refractivity contribution in [2.45, 2.75) is 19.1 Å². The number of hydrogen-bond donors (Lipinski definition) is 1. The van der Waals surface area contributed by atoms with E-state index in [-0.39, 0.29) is 18.7 Å². The number of amides is 1. The molecule has 3 aromatic rings. The fourth-order valence-corrected chi connectivity index (χ4v) is 5.22. The van der Waals surface area contributed by atoms with E-state index in [9.17, 15) is 9.90 Å². The van der Waals surface area contributed by atoms with Gasteiger partial charge in [0.25, 0.3) is 5.91 Å². The van der Waals surface area contributed by atoms with Crippen LogP contribution in [0.2, 0.25) is 0 Å². The lowest BCUT2D eigenvalue weighted by atomic mass is 10.0. The maximum atomic E-state index is 13.9. The second-order valence-electron chi connectivity index (χ2n) is 9.27. The summed E-state index contributed by atoms with van der Waals surface area (Å²) in [7, 11) is 4.00. The molecule has 184 valence electrons. The third-order valence-electron chi connectivity index (χ3n) is 6.99. The fraction of sp³-hybridized carbons (Fsp3) is 0.233. The van der Waals surface area contributed by atoms with Gasteiger partial charge in [-0.1, -0.05) is 85.4 Å². The van der Waals surface area contributed by atoms with Crippen molar-refractivity contribution in [3.8, 4) is 11.1 Å². The van der Waals surface area contributed by atoms with E-state index in [0.29, 0.717) is 31.0 Å². The summed E-state index contributed by atoms with van der Waals surface area (Å²) in [5.74, 6) is 1.39. The van der Waals surface area contributed by atoms with Gasteiger partial charge in [0.1, 0.15) is 23.5 Å². The zero-order valence-corrected chi connectivity index (χ0v) is 20.8. The Morgan fingerprint density at radius 3 is 2.25 bits per heavy atom.